The lowest BCUT2D eigenvalue weighted by Gasteiger charge is -2.52. The number of nitrogens with zero attached hydrogens (tertiary/aromatic N) is 1. The number of hydrogen-bond acceptors (Lipinski definition) is 3. The van der Waals surface area contributed by atoms with Gasteiger partial charge in [-0.1, -0.05) is 13.8 Å². The molecule has 1 aliphatic carbocycles. The lowest BCUT2D eigenvalue weighted by molar-refractivity contribution is -0.145. The van der Waals surface area contributed by atoms with Crippen LogP contribution in [-0.2, 0) is 4.74 Å². The van der Waals surface area contributed by atoms with Crippen LogP contribution in [0.1, 0.15) is 53.9 Å². The maximum Gasteiger partial charge on any atom is 0.410 e. The molecule has 1 saturated heterocycles. The third-order valence-electron chi connectivity index (χ3n) is 4.52. The lowest BCUT2D eigenvalue weighted by atomic mass is 9.67. The summed E-state index contributed by atoms with van der Waals surface area (Å²) >= 11 is 0. The molecule has 0 aromatic rings. The largest absolute Gasteiger partial charge is 0.444 e. The van der Waals surface area contributed by atoms with Gasteiger partial charge in [0.25, 0.3) is 0 Å². The van der Waals surface area contributed by atoms with Crippen molar-refractivity contribution in [2.24, 2.45) is 17.8 Å². The van der Waals surface area contributed by atoms with E-state index in [-0.39, 0.29) is 6.09 Å². The molecule has 0 aromatic carbocycles. The second-order valence-electron chi connectivity index (χ2n) is 8.05. The number of aliphatic hydroxyl groups is 1. The molecule has 116 valence electrons. The van der Waals surface area contributed by atoms with Crippen molar-refractivity contribution in [2.45, 2.75) is 65.1 Å². The molecule has 1 aliphatic heterocycles. The molecule has 1 amide bonds. The minimum Gasteiger partial charge on any atom is -0.444 e. The van der Waals surface area contributed by atoms with Crippen LogP contribution in [0.4, 0.5) is 4.79 Å². The molecule has 1 saturated carbocycles. The van der Waals surface area contributed by atoms with E-state index in [4.69, 9.17) is 4.74 Å². The van der Waals surface area contributed by atoms with Crippen LogP contribution >= 0.6 is 0 Å². The predicted octanol–water partition coefficient (Wildman–Crippen LogP) is 3.04. The summed E-state index contributed by atoms with van der Waals surface area (Å²) in [4.78, 5) is 13.6. The highest BCUT2D eigenvalue weighted by molar-refractivity contribution is 5.69. The van der Waals surface area contributed by atoms with Gasteiger partial charge in [0.1, 0.15) is 11.2 Å². The Morgan fingerprint density at radius 1 is 1.15 bits per heavy atom. The van der Waals surface area contributed by atoms with Crippen molar-refractivity contribution in [3.05, 3.63) is 0 Å². The Labute approximate surface area is 122 Å². The van der Waals surface area contributed by atoms with Gasteiger partial charge in [0.15, 0.2) is 0 Å². The summed E-state index contributed by atoms with van der Waals surface area (Å²) < 4.78 is 5.34. The van der Waals surface area contributed by atoms with Crippen molar-refractivity contribution in [3.8, 4) is 0 Å². The van der Waals surface area contributed by atoms with Gasteiger partial charge in [0.2, 0.25) is 0 Å². The summed E-state index contributed by atoms with van der Waals surface area (Å²) in [7, 11) is 0. The Bertz CT molecular complexity index is 358. The first-order valence-corrected chi connectivity index (χ1v) is 7.79. The molecule has 2 atom stereocenters. The Hall–Kier alpha value is -0.770. The normalized spacial score (nSPS) is 33.5. The Kier molecular flexibility index (Phi) is 4.07. The second-order valence-corrected chi connectivity index (χ2v) is 8.05. The molecule has 4 heteroatoms. The number of likely N-dealkylation sites (tertiary alicyclic amines) is 1. The highest BCUT2D eigenvalue weighted by Crippen LogP contribution is 2.42. The summed E-state index contributed by atoms with van der Waals surface area (Å²) in [5.41, 5.74) is -1.17. The fraction of sp³-hybridized carbons (Fsp3) is 0.938. The molecule has 1 N–H and O–H groups in total. The third kappa shape index (κ3) is 3.46. The van der Waals surface area contributed by atoms with Crippen molar-refractivity contribution in [3.63, 3.8) is 0 Å². The van der Waals surface area contributed by atoms with Crippen molar-refractivity contribution < 1.29 is 14.6 Å². The highest BCUT2D eigenvalue weighted by atomic mass is 16.6. The predicted molar refractivity (Wildman–Crippen MR) is 78.4 cm³/mol. The van der Waals surface area contributed by atoms with Gasteiger partial charge in [-0.25, -0.2) is 4.79 Å². The van der Waals surface area contributed by atoms with Gasteiger partial charge in [0.05, 0.1) is 13.1 Å². The zero-order valence-electron chi connectivity index (χ0n) is 13.5. The first kappa shape index (κ1) is 15.6. The number of rotatable bonds is 1. The van der Waals surface area contributed by atoms with E-state index in [2.05, 4.69) is 13.8 Å². The van der Waals surface area contributed by atoms with E-state index in [0.29, 0.717) is 30.8 Å². The highest BCUT2D eigenvalue weighted by Gasteiger charge is 2.51. The molecule has 1 heterocycles. The topological polar surface area (TPSA) is 49.8 Å². The standard InChI is InChI=1S/C16H29NO3/c1-11-6-12(2)8-13(7-11)16(19)9-17(10-16)14(18)20-15(3,4)5/h11-13,19H,6-10H2,1-5H3. The Balaban J connectivity index is 1.89. The summed E-state index contributed by atoms with van der Waals surface area (Å²) in [5.74, 6) is 1.66. The Morgan fingerprint density at radius 3 is 2.10 bits per heavy atom. The van der Waals surface area contributed by atoms with Crippen molar-refractivity contribution in [2.75, 3.05) is 13.1 Å². The zero-order valence-corrected chi connectivity index (χ0v) is 13.5. The maximum absolute atomic E-state index is 11.9. The van der Waals surface area contributed by atoms with Crippen LogP contribution < -0.4 is 0 Å². The monoisotopic (exact) mass is 283 g/mol. The molecule has 2 fully saturated rings. The van der Waals surface area contributed by atoms with Crippen LogP contribution in [0.25, 0.3) is 0 Å². The lowest BCUT2D eigenvalue weighted by Crippen LogP contribution is -2.67. The third-order valence-corrected chi connectivity index (χ3v) is 4.52. The molecule has 0 spiro atoms. The van der Waals surface area contributed by atoms with E-state index in [1.54, 1.807) is 4.90 Å². The van der Waals surface area contributed by atoms with E-state index in [1.165, 1.54) is 6.42 Å². The molecular formula is C16H29NO3. The van der Waals surface area contributed by atoms with Gasteiger partial charge in [-0.3, -0.25) is 0 Å². The molecule has 0 aromatic heterocycles. The number of ether oxygens (including phenoxy) is 1. The van der Waals surface area contributed by atoms with E-state index < -0.39 is 11.2 Å². The van der Waals surface area contributed by atoms with Gasteiger partial charge in [-0.15, -0.1) is 0 Å². The molecule has 4 nitrogen and oxygen atoms in total. The fourth-order valence-electron chi connectivity index (χ4n) is 3.71. The number of amides is 1. The first-order valence-electron chi connectivity index (χ1n) is 7.79. The van der Waals surface area contributed by atoms with Crippen molar-refractivity contribution >= 4 is 6.09 Å². The van der Waals surface area contributed by atoms with Crippen LogP contribution in [-0.4, -0.2) is 40.4 Å². The molecule has 2 aliphatic rings. The average molecular weight is 283 g/mol. The van der Waals surface area contributed by atoms with E-state index in [1.807, 2.05) is 20.8 Å². The van der Waals surface area contributed by atoms with Crippen LogP contribution in [0.15, 0.2) is 0 Å². The van der Waals surface area contributed by atoms with E-state index in [9.17, 15) is 9.90 Å². The molecule has 2 rings (SSSR count). The molecule has 0 bridgehead atoms. The van der Waals surface area contributed by atoms with Gasteiger partial charge >= 0.3 is 6.09 Å². The first-order chi connectivity index (χ1) is 9.09. The molecule has 2 unspecified atom stereocenters. The smallest absolute Gasteiger partial charge is 0.410 e. The summed E-state index contributed by atoms with van der Waals surface area (Å²) in [6, 6.07) is 0. The second kappa shape index (κ2) is 5.21. The van der Waals surface area contributed by atoms with Gasteiger partial charge < -0.3 is 14.7 Å². The van der Waals surface area contributed by atoms with Crippen LogP contribution in [0.3, 0.4) is 0 Å². The van der Waals surface area contributed by atoms with E-state index in [0.717, 1.165) is 12.8 Å². The van der Waals surface area contributed by atoms with Gasteiger partial charge in [-0.2, -0.15) is 0 Å². The molecule has 0 radical (unpaired) electrons. The Morgan fingerprint density at radius 2 is 1.65 bits per heavy atom. The molecular weight excluding hydrogens is 254 g/mol. The molecule has 20 heavy (non-hydrogen) atoms. The van der Waals surface area contributed by atoms with Crippen molar-refractivity contribution in [1.82, 2.24) is 4.90 Å². The number of hydrogen-bond donors (Lipinski definition) is 1. The minimum atomic E-state index is -0.695. The van der Waals surface area contributed by atoms with Crippen LogP contribution in [0.5, 0.6) is 0 Å². The fourth-order valence-corrected chi connectivity index (χ4v) is 3.71. The minimum absolute atomic E-state index is 0.306. The summed E-state index contributed by atoms with van der Waals surface area (Å²) in [6.45, 7) is 11.0. The SMILES string of the molecule is CC1CC(C)CC(C2(O)CN(C(=O)OC(C)(C)C)C2)C1. The van der Waals surface area contributed by atoms with Crippen LogP contribution in [0, 0.1) is 17.8 Å². The maximum atomic E-state index is 11.9. The van der Waals surface area contributed by atoms with Crippen LogP contribution in [0.2, 0.25) is 0 Å². The number of β-amino-alcohol motifs (C(OH)–C–C–N with tert-alkyl or cyclic N) is 1. The quantitative estimate of drug-likeness (QED) is 0.804. The zero-order chi connectivity index (χ0) is 15.1. The van der Waals surface area contributed by atoms with Crippen molar-refractivity contribution in [1.29, 1.82) is 0 Å². The van der Waals surface area contributed by atoms with Gasteiger partial charge in [-0.05, 0) is 57.8 Å². The summed E-state index contributed by atoms with van der Waals surface area (Å²) in [6.07, 6.45) is 3.09. The average Bonchev–Trinajstić information content (AvgIpc) is 2.20. The van der Waals surface area contributed by atoms with E-state index >= 15 is 0 Å². The van der Waals surface area contributed by atoms with Gasteiger partial charge in [0, 0.05) is 0 Å². The number of carbonyl (C=O) groups is 1. The summed E-state index contributed by atoms with van der Waals surface area (Å²) in [5, 5.41) is 10.7. The number of carbonyl (C=O) groups excluding carboxylic acids is 1.